The van der Waals surface area contributed by atoms with Crippen molar-refractivity contribution in [1.82, 2.24) is 4.90 Å². The van der Waals surface area contributed by atoms with Gasteiger partial charge in [0.15, 0.2) is 16.7 Å². The Bertz CT molecular complexity index is 1480. The van der Waals surface area contributed by atoms with Crippen LogP contribution >= 0.6 is 11.8 Å². The highest BCUT2D eigenvalue weighted by molar-refractivity contribution is 8.17. The van der Waals surface area contributed by atoms with Crippen molar-refractivity contribution in [3.63, 3.8) is 0 Å². The molecule has 2 aliphatic heterocycles. The van der Waals surface area contributed by atoms with Crippen LogP contribution in [0.5, 0.6) is 11.5 Å². The van der Waals surface area contributed by atoms with Gasteiger partial charge in [0.05, 0.1) is 23.9 Å². The minimum Gasteiger partial charge on any atom is -0.493 e. The fourth-order valence-electron chi connectivity index (χ4n) is 3.68. The van der Waals surface area contributed by atoms with Gasteiger partial charge in [-0.1, -0.05) is 48.2 Å². The number of rotatable bonds is 5. The van der Waals surface area contributed by atoms with E-state index in [-0.39, 0.29) is 28.5 Å². The average molecular weight is 500 g/mol. The number of methoxy groups -OCH3 is 1. The van der Waals surface area contributed by atoms with Crippen molar-refractivity contribution in [3.05, 3.63) is 106 Å². The summed E-state index contributed by atoms with van der Waals surface area (Å²) in [7, 11) is 1.42. The minimum atomic E-state index is -0.669. The van der Waals surface area contributed by atoms with Crippen molar-refractivity contribution >= 4 is 46.4 Å². The second kappa shape index (κ2) is 9.63. The van der Waals surface area contributed by atoms with Crippen LogP contribution in [-0.2, 0) is 4.79 Å². The predicted octanol–water partition coefficient (Wildman–Crippen LogP) is 5.36. The molecule has 9 heteroatoms. The minimum absolute atomic E-state index is 0.0101. The number of aliphatic imine (C=N–C) groups is 1. The van der Waals surface area contributed by atoms with Gasteiger partial charge in [-0.3, -0.25) is 15.1 Å². The zero-order valence-electron chi connectivity index (χ0n) is 18.9. The van der Waals surface area contributed by atoms with Gasteiger partial charge in [-0.05, 0) is 53.6 Å². The lowest BCUT2D eigenvalue weighted by Crippen LogP contribution is -2.38. The quantitative estimate of drug-likeness (QED) is 0.289. The van der Waals surface area contributed by atoms with Crippen molar-refractivity contribution in [2.45, 2.75) is 0 Å². The number of carbonyl (C=O) groups is 2. The number of ether oxygens (including phenoxy) is 2. The van der Waals surface area contributed by atoms with Crippen molar-refractivity contribution < 1.29 is 23.5 Å². The van der Waals surface area contributed by atoms with Crippen molar-refractivity contribution in [2.24, 2.45) is 4.99 Å². The van der Waals surface area contributed by atoms with Gasteiger partial charge in [0.2, 0.25) is 0 Å². The lowest BCUT2D eigenvalue weighted by atomic mass is 10.1. The van der Waals surface area contributed by atoms with Crippen LogP contribution in [0.25, 0.3) is 11.8 Å². The molecule has 0 atom stereocenters. The summed E-state index contributed by atoms with van der Waals surface area (Å²) in [4.78, 5) is 31.0. The first-order valence-electron chi connectivity index (χ1n) is 10.8. The van der Waals surface area contributed by atoms with Gasteiger partial charge < -0.3 is 9.47 Å². The number of fused-ring (bicyclic) bond motifs is 1. The Labute approximate surface area is 210 Å². The third-order valence-corrected chi connectivity index (χ3v) is 6.29. The van der Waals surface area contributed by atoms with Gasteiger partial charge in [0, 0.05) is 5.41 Å². The third kappa shape index (κ3) is 4.44. The predicted molar refractivity (Wildman–Crippen MR) is 136 cm³/mol. The number of esters is 1. The number of halogens is 1. The number of hydrogen-bond donors (Lipinski definition) is 1. The Kier molecular flexibility index (Phi) is 6.22. The first-order valence-corrected chi connectivity index (χ1v) is 11.6. The Morgan fingerprint density at radius 2 is 1.81 bits per heavy atom. The Balaban J connectivity index is 1.42. The number of amidine groups is 2. The molecule has 0 aromatic heterocycles. The highest BCUT2D eigenvalue weighted by Crippen LogP contribution is 2.37. The zero-order chi connectivity index (χ0) is 25.2. The Morgan fingerprint density at radius 1 is 1.06 bits per heavy atom. The molecule has 1 amide bonds. The van der Waals surface area contributed by atoms with E-state index < -0.39 is 17.7 Å². The van der Waals surface area contributed by atoms with E-state index in [1.54, 1.807) is 23.1 Å². The number of thioether (sulfide) groups is 1. The molecule has 0 unspecified atom stereocenters. The van der Waals surface area contributed by atoms with E-state index in [2.05, 4.69) is 4.99 Å². The van der Waals surface area contributed by atoms with Gasteiger partial charge in [-0.25, -0.2) is 9.18 Å². The molecule has 0 fully saturated rings. The lowest BCUT2D eigenvalue weighted by molar-refractivity contribution is -0.114. The molecule has 0 saturated carbocycles. The molecule has 36 heavy (non-hydrogen) atoms. The zero-order valence-corrected chi connectivity index (χ0v) is 19.7. The summed E-state index contributed by atoms with van der Waals surface area (Å²) in [6, 6.07) is 19.3. The van der Waals surface area contributed by atoms with E-state index in [4.69, 9.17) is 14.9 Å². The van der Waals surface area contributed by atoms with Crippen LogP contribution in [0.3, 0.4) is 0 Å². The SMILES string of the molecule is COc1cc(/C=C2/C(=N)N3C(c4ccccc4)=CSC3=NC2=O)ccc1OC(=O)c1ccc(F)cc1. The second-order valence-corrected chi connectivity index (χ2v) is 8.57. The van der Waals surface area contributed by atoms with Gasteiger partial charge in [0.1, 0.15) is 11.7 Å². The smallest absolute Gasteiger partial charge is 0.343 e. The Morgan fingerprint density at radius 3 is 2.53 bits per heavy atom. The summed E-state index contributed by atoms with van der Waals surface area (Å²) in [5.74, 6) is -1.23. The molecule has 0 spiro atoms. The summed E-state index contributed by atoms with van der Waals surface area (Å²) >= 11 is 1.29. The third-order valence-electron chi connectivity index (χ3n) is 5.47. The van der Waals surface area contributed by atoms with Crippen LogP contribution in [0, 0.1) is 11.2 Å². The fourth-order valence-corrected chi connectivity index (χ4v) is 4.57. The number of nitrogens with zero attached hydrogens (tertiary/aromatic N) is 2. The van der Waals surface area contributed by atoms with Crippen LogP contribution in [0.4, 0.5) is 4.39 Å². The number of benzene rings is 3. The number of amides is 1. The van der Waals surface area contributed by atoms with Gasteiger partial charge >= 0.3 is 5.97 Å². The molecule has 2 aliphatic rings. The first-order chi connectivity index (χ1) is 17.4. The maximum atomic E-state index is 13.1. The second-order valence-electron chi connectivity index (χ2n) is 7.74. The van der Waals surface area contributed by atoms with Crippen LogP contribution in [-0.4, -0.2) is 34.9 Å². The topological polar surface area (TPSA) is 92.1 Å². The molecule has 0 radical (unpaired) electrons. The molecule has 178 valence electrons. The van der Waals surface area contributed by atoms with Crippen molar-refractivity contribution in [1.29, 1.82) is 5.41 Å². The van der Waals surface area contributed by atoms with E-state index in [1.807, 2.05) is 35.7 Å². The monoisotopic (exact) mass is 499 g/mol. The molecule has 0 saturated heterocycles. The summed E-state index contributed by atoms with van der Waals surface area (Å²) < 4.78 is 23.9. The normalized spacial score (nSPS) is 15.9. The van der Waals surface area contributed by atoms with E-state index in [0.717, 1.165) is 11.3 Å². The Hall–Kier alpha value is -4.50. The molecule has 3 aromatic rings. The molecule has 5 rings (SSSR count). The van der Waals surface area contributed by atoms with E-state index in [9.17, 15) is 14.0 Å². The van der Waals surface area contributed by atoms with Crippen LogP contribution in [0.2, 0.25) is 0 Å². The van der Waals surface area contributed by atoms with Gasteiger partial charge in [0.25, 0.3) is 5.91 Å². The summed E-state index contributed by atoms with van der Waals surface area (Å²) in [5, 5.41) is 11.1. The summed E-state index contributed by atoms with van der Waals surface area (Å²) in [6.07, 6.45) is 1.55. The first kappa shape index (κ1) is 23.3. The molecule has 1 N–H and O–H groups in total. The highest BCUT2D eigenvalue weighted by Gasteiger charge is 2.36. The maximum absolute atomic E-state index is 13.1. The van der Waals surface area contributed by atoms with Crippen LogP contribution < -0.4 is 9.47 Å². The molecular weight excluding hydrogens is 481 g/mol. The summed E-state index contributed by atoms with van der Waals surface area (Å²) in [6.45, 7) is 0. The maximum Gasteiger partial charge on any atom is 0.343 e. The van der Waals surface area contributed by atoms with Crippen LogP contribution in [0.15, 0.2) is 88.8 Å². The average Bonchev–Trinajstić information content (AvgIpc) is 3.32. The van der Waals surface area contributed by atoms with Crippen LogP contribution in [0.1, 0.15) is 21.5 Å². The van der Waals surface area contributed by atoms with Crippen molar-refractivity contribution in [3.8, 4) is 11.5 Å². The number of carbonyl (C=O) groups excluding carboxylic acids is 2. The highest BCUT2D eigenvalue weighted by atomic mass is 32.2. The standard InChI is InChI=1S/C27H18FN3O4S/c1-34-23-14-16(7-12-22(23)35-26(33)18-8-10-19(28)11-9-18)13-20-24(29)31-21(17-5-3-2-4-6-17)15-36-27(31)30-25(20)32/h2-15,29H,1H3/b20-13-,29-24?. The fraction of sp³-hybridized carbons (Fsp3) is 0.0370. The van der Waals surface area contributed by atoms with Gasteiger partial charge in [-0.2, -0.15) is 4.99 Å². The molecular formula is C27H18FN3O4S. The van der Waals surface area contributed by atoms with Gasteiger partial charge in [-0.15, -0.1) is 0 Å². The number of nitrogens with one attached hydrogen (secondary N) is 1. The van der Waals surface area contributed by atoms with E-state index in [0.29, 0.717) is 10.7 Å². The molecule has 3 aromatic carbocycles. The lowest BCUT2D eigenvalue weighted by Gasteiger charge is -2.27. The molecule has 7 nitrogen and oxygen atoms in total. The molecule has 0 bridgehead atoms. The van der Waals surface area contributed by atoms with Crippen molar-refractivity contribution in [2.75, 3.05) is 7.11 Å². The summed E-state index contributed by atoms with van der Waals surface area (Å²) in [5.41, 5.74) is 2.52. The largest absolute Gasteiger partial charge is 0.493 e. The molecule has 2 heterocycles. The van der Waals surface area contributed by atoms with E-state index >= 15 is 0 Å². The van der Waals surface area contributed by atoms with E-state index in [1.165, 1.54) is 49.2 Å². The molecule has 0 aliphatic carbocycles. The number of hydrogen-bond acceptors (Lipinski definition) is 6.